The quantitative estimate of drug-likeness (QED) is 0.496. The Morgan fingerprint density at radius 1 is 0.938 bits per heavy atom. The molecule has 32 heavy (non-hydrogen) atoms. The summed E-state index contributed by atoms with van der Waals surface area (Å²) in [6, 6.07) is 26.8. The number of phenolic OH excluding ortho intramolecular Hbond substituents is 1. The van der Waals surface area contributed by atoms with Gasteiger partial charge in [0.15, 0.2) is 0 Å². The van der Waals surface area contributed by atoms with Crippen molar-refractivity contribution in [3.8, 4) is 5.75 Å². The Morgan fingerprint density at radius 2 is 1.62 bits per heavy atom. The molecular weight excluding hydrogens is 462 g/mol. The Kier molecular flexibility index (Phi) is 6.13. The van der Waals surface area contributed by atoms with Crippen LogP contribution in [0.3, 0.4) is 0 Å². The smallest absolute Gasteiger partial charge is 0.120 e. The van der Waals surface area contributed by atoms with Gasteiger partial charge in [-0.05, 0) is 42.2 Å². The minimum atomic E-state index is -0.305. The minimum Gasteiger partial charge on any atom is -0.508 e. The number of rotatable bonds is 4. The number of halogens is 1. The van der Waals surface area contributed by atoms with E-state index in [0.717, 1.165) is 60.2 Å². The molecule has 0 amide bonds. The van der Waals surface area contributed by atoms with Crippen LogP contribution in [0, 0.1) is 0 Å². The molecule has 4 nitrogen and oxygen atoms in total. The fourth-order valence-corrected chi connectivity index (χ4v) is 5.14. The maximum absolute atomic E-state index is 10.6. The van der Waals surface area contributed by atoms with Gasteiger partial charge in [-0.1, -0.05) is 76.6 Å². The molecule has 3 aromatic rings. The van der Waals surface area contributed by atoms with Crippen molar-refractivity contribution < 1.29 is 5.11 Å². The lowest BCUT2D eigenvalue weighted by atomic mass is 9.87. The highest BCUT2D eigenvalue weighted by Gasteiger charge is 2.40. The minimum absolute atomic E-state index is 0.0352. The number of aromatic hydroxyl groups is 1. The summed E-state index contributed by atoms with van der Waals surface area (Å²) in [7, 11) is 0. The van der Waals surface area contributed by atoms with Crippen LogP contribution in [-0.4, -0.2) is 34.5 Å². The molecular formula is C27H28BrN3O. The fraction of sp³-hybridized carbons (Fsp3) is 0.296. The third-order valence-electron chi connectivity index (χ3n) is 6.61. The number of phenols is 1. The summed E-state index contributed by atoms with van der Waals surface area (Å²) in [6.07, 6.45) is 2.66. The average molecular weight is 490 g/mol. The molecule has 1 fully saturated rings. The summed E-state index contributed by atoms with van der Waals surface area (Å²) in [5.74, 6) is 0.346. The number of aliphatic imine (C=N–C) groups is 1. The van der Waals surface area contributed by atoms with Crippen LogP contribution in [0.25, 0.3) is 0 Å². The second kappa shape index (κ2) is 9.18. The number of piperidine rings is 1. The van der Waals surface area contributed by atoms with E-state index in [9.17, 15) is 5.11 Å². The second-order valence-corrected chi connectivity index (χ2v) is 9.73. The zero-order valence-corrected chi connectivity index (χ0v) is 19.6. The molecule has 2 N–H and O–H groups in total. The van der Waals surface area contributed by atoms with Crippen molar-refractivity contribution in [3.63, 3.8) is 0 Å². The predicted molar refractivity (Wildman–Crippen MR) is 133 cm³/mol. The number of para-hydroxylation sites is 1. The lowest BCUT2D eigenvalue weighted by molar-refractivity contribution is 0.120. The van der Waals surface area contributed by atoms with Crippen LogP contribution >= 0.6 is 15.9 Å². The molecule has 5 heteroatoms. The summed E-state index contributed by atoms with van der Waals surface area (Å²) in [4.78, 5) is 7.82. The van der Waals surface area contributed by atoms with Crippen molar-refractivity contribution in [3.05, 3.63) is 100 Å². The lowest BCUT2D eigenvalue weighted by Crippen LogP contribution is -2.55. The molecule has 0 bridgehead atoms. The fourth-order valence-electron chi connectivity index (χ4n) is 4.88. The van der Waals surface area contributed by atoms with Crippen LogP contribution in [-0.2, 0) is 6.54 Å². The Labute approximate surface area is 198 Å². The van der Waals surface area contributed by atoms with Crippen LogP contribution in [0.15, 0.2) is 88.3 Å². The number of hydrogen-bond donors (Lipinski definition) is 2. The average Bonchev–Trinajstić information content (AvgIpc) is 2.82. The molecule has 164 valence electrons. The van der Waals surface area contributed by atoms with Gasteiger partial charge in [-0.15, -0.1) is 0 Å². The third-order valence-corrected chi connectivity index (χ3v) is 7.14. The van der Waals surface area contributed by atoms with Gasteiger partial charge in [0.1, 0.15) is 11.4 Å². The van der Waals surface area contributed by atoms with E-state index in [1.807, 2.05) is 18.2 Å². The third kappa shape index (κ3) is 4.65. The predicted octanol–water partition coefficient (Wildman–Crippen LogP) is 5.67. The van der Waals surface area contributed by atoms with Crippen molar-refractivity contribution in [2.24, 2.45) is 4.99 Å². The van der Waals surface area contributed by atoms with Gasteiger partial charge in [-0.3, -0.25) is 15.2 Å². The number of hydrogen-bond acceptors (Lipinski definition) is 4. The van der Waals surface area contributed by atoms with Gasteiger partial charge in [0.2, 0.25) is 0 Å². The molecule has 0 aliphatic carbocycles. The van der Waals surface area contributed by atoms with E-state index in [2.05, 4.69) is 80.7 Å². The molecule has 1 spiro atoms. The van der Waals surface area contributed by atoms with Crippen LogP contribution in [0.1, 0.15) is 42.0 Å². The SMILES string of the molecule is Oc1ccccc1C1CC(c2ccc(Br)cc2)=NC2(CCN(Cc3ccccc3)CC2)N1. The van der Waals surface area contributed by atoms with Crippen LogP contribution in [0.5, 0.6) is 5.75 Å². The molecule has 2 heterocycles. The van der Waals surface area contributed by atoms with E-state index in [-0.39, 0.29) is 11.7 Å². The van der Waals surface area contributed by atoms with Crippen molar-refractivity contribution >= 4 is 21.6 Å². The Morgan fingerprint density at radius 3 is 2.34 bits per heavy atom. The first-order valence-corrected chi connectivity index (χ1v) is 12.1. The Bertz CT molecular complexity index is 1090. The zero-order chi connectivity index (χ0) is 22.0. The van der Waals surface area contributed by atoms with Gasteiger partial charge in [0.05, 0.1) is 0 Å². The van der Waals surface area contributed by atoms with Crippen molar-refractivity contribution in [2.75, 3.05) is 13.1 Å². The maximum Gasteiger partial charge on any atom is 0.120 e. The molecule has 2 aliphatic heterocycles. The van der Waals surface area contributed by atoms with E-state index < -0.39 is 0 Å². The van der Waals surface area contributed by atoms with Crippen molar-refractivity contribution in [2.45, 2.75) is 37.5 Å². The lowest BCUT2D eigenvalue weighted by Gasteiger charge is -2.45. The topological polar surface area (TPSA) is 47.9 Å². The first-order valence-electron chi connectivity index (χ1n) is 11.3. The summed E-state index contributed by atoms with van der Waals surface area (Å²) >= 11 is 3.54. The first-order chi connectivity index (χ1) is 15.6. The van der Waals surface area contributed by atoms with Crippen LogP contribution in [0.2, 0.25) is 0 Å². The molecule has 0 saturated carbocycles. The highest BCUT2D eigenvalue weighted by molar-refractivity contribution is 9.10. The summed E-state index contributed by atoms with van der Waals surface area (Å²) in [6.45, 7) is 2.96. The van der Waals surface area contributed by atoms with Gasteiger partial charge in [0.25, 0.3) is 0 Å². The number of nitrogens with zero attached hydrogens (tertiary/aromatic N) is 2. The first kappa shape index (κ1) is 21.4. The highest BCUT2D eigenvalue weighted by atomic mass is 79.9. The zero-order valence-electron chi connectivity index (χ0n) is 18.0. The number of nitrogens with one attached hydrogen (secondary N) is 1. The normalized spacial score (nSPS) is 20.8. The van der Waals surface area contributed by atoms with Crippen LogP contribution in [0.4, 0.5) is 0 Å². The van der Waals surface area contributed by atoms with Gasteiger partial charge in [-0.25, -0.2) is 0 Å². The molecule has 1 unspecified atom stereocenters. The largest absolute Gasteiger partial charge is 0.508 e. The van der Waals surface area contributed by atoms with E-state index in [0.29, 0.717) is 5.75 Å². The van der Waals surface area contributed by atoms with Crippen molar-refractivity contribution in [1.29, 1.82) is 0 Å². The molecule has 0 radical (unpaired) electrons. The summed E-state index contributed by atoms with van der Waals surface area (Å²) < 4.78 is 1.07. The van der Waals surface area contributed by atoms with Gasteiger partial charge in [-0.2, -0.15) is 0 Å². The molecule has 0 aromatic heterocycles. The standard InChI is InChI=1S/C27H28BrN3O/c28-22-12-10-21(11-13-22)24-18-25(23-8-4-5-9-26(23)32)30-27(29-24)14-16-31(17-15-27)19-20-6-2-1-3-7-20/h1-13,25,30,32H,14-19H2. The Hall–Kier alpha value is -2.47. The molecule has 3 aromatic carbocycles. The van der Waals surface area contributed by atoms with E-state index in [4.69, 9.17) is 4.99 Å². The molecule has 1 atom stereocenters. The van der Waals surface area contributed by atoms with E-state index in [1.165, 1.54) is 5.56 Å². The summed E-state index contributed by atoms with van der Waals surface area (Å²) in [5, 5.41) is 14.4. The second-order valence-electron chi connectivity index (χ2n) is 8.82. The highest BCUT2D eigenvalue weighted by Crippen LogP contribution is 2.37. The summed E-state index contributed by atoms with van der Waals surface area (Å²) in [5.41, 5.74) is 4.26. The molecule has 2 aliphatic rings. The Balaban J connectivity index is 1.41. The van der Waals surface area contributed by atoms with Gasteiger partial charge >= 0.3 is 0 Å². The monoisotopic (exact) mass is 489 g/mol. The van der Waals surface area contributed by atoms with Crippen molar-refractivity contribution in [1.82, 2.24) is 10.2 Å². The molecule has 1 saturated heterocycles. The number of likely N-dealkylation sites (tertiary alicyclic amines) is 1. The number of benzene rings is 3. The molecule has 5 rings (SSSR count). The van der Waals surface area contributed by atoms with Gasteiger partial charge < -0.3 is 5.11 Å². The van der Waals surface area contributed by atoms with Gasteiger partial charge in [0, 0.05) is 47.8 Å². The van der Waals surface area contributed by atoms with E-state index >= 15 is 0 Å². The maximum atomic E-state index is 10.6. The van der Waals surface area contributed by atoms with E-state index in [1.54, 1.807) is 6.07 Å². The van der Waals surface area contributed by atoms with Crippen LogP contribution < -0.4 is 5.32 Å².